The van der Waals surface area contributed by atoms with Crippen LogP contribution < -0.4 is 5.32 Å². The van der Waals surface area contributed by atoms with Crippen LogP contribution in [0.4, 0.5) is 11.4 Å². The summed E-state index contributed by atoms with van der Waals surface area (Å²) in [7, 11) is 0. The van der Waals surface area contributed by atoms with E-state index in [1.54, 1.807) is 17.6 Å². The number of benzene rings is 1. The molecule has 0 saturated heterocycles. The van der Waals surface area contributed by atoms with E-state index in [1.807, 2.05) is 13.8 Å². The van der Waals surface area contributed by atoms with E-state index < -0.39 is 10.5 Å². The van der Waals surface area contributed by atoms with Crippen molar-refractivity contribution >= 4 is 32.9 Å². The zero-order chi connectivity index (χ0) is 14.8. The summed E-state index contributed by atoms with van der Waals surface area (Å²) in [6.07, 6.45) is 1.17. The monoisotopic (exact) mass is 295 g/mol. The normalized spacial score (nSPS) is 11.8. The Morgan fingerprint density at radius 1 is 1.45 bits per heavy atom. The van der Waals surface area contributed by atoms with Gasteiger partial charge in [0.05, 0.1) is 20.7 Å². The van der Waals surface area contributed by atoms with Crippen molar-refractivity contribution in [3.8, 4) is 0 Å². The molecule has 0 spiro atoms. The minimum atomic E-state index is -0.856. The van der Waals surface area contributed by atoms with Crippen LogP contribution in [-0.2, 0) is 0 Å². The Kier molecular flexibility index (Phi) is 4.20. The highest BCUT2D eigenvalue weighted by molar-refractivity contribution is 7.16. The Morgan fingerprint density at radius 2 is 2.15 bits per heavy atom. The van der Waals surface area contributed by atoms with Gasteiger partial charge in [0, 0.05) is 6.54 Å². The highest BCUT2D eigenvalue weighted by Crippen LogP contribution is 2.34. The maximum absolute atomic E-state index is 11.3. The van der Waals surface area contributed by atoms with Crippen LogP contribution in [0.5, 0.6) is 0 Å². The number of thiazole rings is 1. The van der Waals surface area contributed by atoms with E-state index in [-0.39, 0.29) is 12.2 Å². The van der Waals surface area contributed by atoms with E-state index in [2.05, 4.69) is 10.3 Å². The van der Waals surface area contributed by atoms with Crippen LogP contribution in [0.15, 0.2) is 17.6 Å². The maximum Gasteiger partial charge on any atom is 0.319 e. The van der Waals surface area contributed by atoms with Gasteiger partial charge in [-0.25, -0.2) is 4.98 Å². The Morgan fingerprint density at radius 3 is 2.75 bits per heavy atom. The molecule has 7 heteroatoms. The molecule has 1 aromatic carbocycles. The first-order valence-electron chi connectivity index (χ1n) is 6.47. The molecule has 0 amide bonds. The summed E-state index contributed by atoms with van der Waals surface area (Å²) in [4.78, 5) is 14.9. The minimum absolute atomic E-state index is 0.0293. The van der Waals surface area contributed by atoms with Gasteiger partial charge in [-0.3, -0.25) is 10.1 Å². The number of nitro groups is 1. The lowest BCUT2D eigenvalue weighted by molar-refractivity contribution is -0.382. The van der Waals surface area contributed by atoms with Gasteiger partial charge in [0.25, 0.3) is 0 Å². The van der Waals surface area contributed by atoms with Crippen molar-refractivity contribution in [2.75, 3.05) is 11.9 Å². The number of nitrogens with one attached hydrogen (secondary N) is 1. The quantitative estimate of drug-likeness (QED) is 0.631. The molecular formula is C13H17N3O3S. The Hall–Kier alpha value is -1.73. The molecule has 0 unspecified atom stereocenters. The maximum atomic E-state index is 11.3. The van der Waals surface area contributed by atoms with Crippen LogP contribution in [0.1, 0.15) is 26.7 Å². The Bertz CT molecular complexity index is 622. The fourth-order valence-electron chi connectivity index (χ4n) is 2.00. The van der Waals surface area contributed by atoms with E-state index in [0.29, 0.717) is 24.0 Å². The third-order valence-electron chi connectivity index (χ3n) is 3.58. The molecule has 20 heavy (non-hydrogen) atoms. The van der Waals surface area contributed by atoms with Crippen molar-refractivity contribution in [2.24, 2.45) is 0 Å². The number of rotatable bonds is 6. The molecule has 0 saturated carbocycles. The van der Waals surface area contributed by atoms with Crippen molar-refractivity contribution in [3.63, 3.8) is 0 Å². The van der Waals surface area contributed by atoms with E-state index in [4.69, 9.17) is 0 Å². The van der Waals surface area contributed by atoms with Crippen LogP contribution >= 0.6 is 11.3 Å². The zero-order valence-corrected chi connectivity index (χ0v) is 12.2. The Balaban J connectivity index is 2.34. The molecule has 2 rings (SSSR count). The first-order valence-corrected chi connectivity index (χ1v) is 7.35. The summed E-state index contributed by atoms with van der Waals surface area (Å²) in [5.74, 6) is 0. The van der Waals surface area contributed by atoms with Gasteiger partial charge in [0.15, 0.2) is 5.52 Å². The number of nitro benzene ring substituents is 1. The van der Waals surface area contributed by atoms with Gasteiger partial charge >= 0.3 is 5.69 Å². The average Bonchev–Trinajstić information content (AvgIpc) is 2.92. The van der Waals surface area contributed by atoms with Crippen molar-refractivity contribution in [1.29, 1.82) is 0 Å². The summed E-state index contributed by atoms with van der Waals surface area (Å²) in [6, 6.07) is 3.48. The lowest BCUT2D eigenvalue weighted by atomic mass is 9.97. The molecule has 0 aliphatic carbocycles. The molecule has 0 radical (unpaired) electrons. The summed E-state index contributed by atoms with van der Waals surface area (Å²) in [5.41, 5.74) is 1.49. The largest absolute Gasteiger partial charge is 0.388 e. The molecule has 0 aliphatic rings. The summed E-state index contributed by atoms with van der Waals surface area (Å²) in [6.45, 7) is 4.06. The van der Waals surface area contributed by atoms with Crippen molar-refractivity contribution < 1.29 is 10.0 Å². The van der Waals surface area contributed by atoms with Gasteiger partial charge in [-0.15, -0.1) is 11.3 Å². The zero-order valence-electron chi connectivity index (χ0n) is 11.4. The van der Waals surface area contributed by atoms with Crippen LogP contribution in [0.2, 0.25) is 0 Å². The molecule has 0 atom stereocenters. The highest BCUT2D eigenvalue weighted by atomic mass is 32.1. The predicted molar refractivity (Wildman–Crippen MR) is 80.3 cm³/mol. The number of anilines is 1. The van der Waals surface area contributed by atoms with Crippen LogP contribution in [0.3, 0.4) is 0 Å². The molecule has 0 aliphatic heterocycles. The number of aromatic nitrogens is 1. The van der Waals surface area contributed by atoms with Gasteiger partial charge in [-0.1, -0.05) is 13.8 Å². The third kappa shape index (κ3) is 2.73. The van der Waals surface area contributed by atoms with Crippen molar-refractivity contribution in [3.05, 3.63) is 27.8 Å². The van der Waals surface area contributed by atoms with E-state index in [1.165, 1.54) is 11.3 Å². The van der Waals surface area contributed by atoms with Crippen LogP contribution in [0, 0.1) is 10.1 Å². The minimum Gasteiger partial charge on any atom is -0.388 e. The van der Waals surface area contributed by atoms with Gasteiger partial charge in [0.2, 0.25) is 0 Å². The van der Waals surface area contributed by atoms with E-state index >= 15 is 0 Å². The number of nitrogens with zero attached hydrogens (tertiary/aromatic N) is 2. The van der Waals surface area contributed by atoms with E-state index in [9.17, 15) is 15.2 Å². The second kappa shape index (κ2) is 5.72. The van der Waals surface area contributed by atoms with Gasteiger partial charge in [0.1, 0.15) is 5.69 Å². The number of hydrogen-bond donors (Lipinski definition) is 2. The smallest absolute Gasteiger partial charge is 0.319 e. The van der Waals surface area contributed by atoms with E-state index in [0.717, 1.165) is 4.70 Å². The number of fused-ring (bicyclic) bond motifs is 1. The lowest BCUT2D eigenvalue weighted by Gasteiger charge is -2.25. The number of aliphatic hydroxyl groups is 1. The second-order valence-corrected chi connectivity index (χ2v) is 5.59. The Labute approximate surface area is 120 Å². The highest BCUT2D eigenvalue weighted by Gasteiger charge is 2.25. The first kappa shape index (κ1) is 14.7. The molecule has 1 heterocycles. The van der Waals surface area contributed by atoms with Crippen LogP contribution in [0.25, 0.3) is 10.2 Å². The topological polar surface area (TPSA) is 88.3 Å². The SMILES string of the molecule is CCC(O)(CC)CNc1ccc2scnc2c1[N+](=O)[O-]. The fourth-order valence-corrected chi connectivity index (χ4v) is 2.68. The third-order valence-corrected chi connectivity index (χ3v) is 4.38. The molecule has 2 aromatic rings. The molecule has 1 aromatic heterocycles. The molecule has 108 valence electrons. The lowest BCUT2D eigenvalue weighted by Crippen LogP contribution is -2.35. The van der Waals surface area contributed by atoms with Crippen molar-refractivity contribution in [1.82, 2.24) is 4.98 Å². The predicted octanol–water partition coefficient (Wildman–Crippen LogP) is 3.17. The fraction of sp³-hybridized carbons (Fsp3) is 0.462. The standard InChI is InChI=1S/C13H17N3O3S/c1-3-13(17,4-2)7-14-9-5-6-10-11(15-8-20-10)12(9)16(18)19/h5-6,8,14,17H,3-4,7H2,1-2H3. The average molecular weight is 295 g/mol. The summed E-state index contributed by atoms with van der Waals surface area (Å²) < 4.78 is 0.781. The van der Waals surface area contributed by atoms with Gasteiger partial charge in [-0.05, 0) is 25.0 Å². The molecule has 6 nitrogen and oxygen atoms in total. The van der Waals surface area contributed by atoms with Crippen molar-refractivity contribution in [2.45, 2.75) is 32.3 Å². The molecule has 2 N–H and O–H groups in total. The number of hydrogen-bond acceptors (Lipinski definition) is 6. The second-order valence-electron chi connectivity index (χ2n) is 4.70. The van der Waals surface area contributed by atoms with Crippen LogP contribution in [-0.4, -0.2) is 27.2 Å². The molecule has 0 fully saturated rings. The van der Waals surface area contributed by atoms with Gasteiger partial charge < -0.3 is 10.4 Å². The van der Waals surface area contributed by atoms with Gasteiger partial charge in [-0.2, -0.15) is 0 Å². The molecular weight excluding hydrogens is 278 g/mol. The summed E-state index contributed by atoms with van der Waals surface area (Å²) in [5, 5.41) is 24.5. The first-order chi connectivity index (χ1) is 9.50. The molecule has 0 bridgehead atoms. The summed E-state index contributed by atoms with van der Waals surface area (Å²) >= 11 is 1.37.